The molecule has 1 aromatic heterocycles. The van der Waals surface area contributed by atoms with Crippen molar-refractivity contribution < 1.29 is 22.7 Å². The fourth-order valence-electron chi connectivity index (χ4n) is 5.27. The fraction of sp³-hybridized carbons (Fsp3) is 0.560. The molecule has 2 atom stereocenters. The molecular formula is C25H34FN5O4S2. The van der Waals surface area contributed by atoms with Crippen LogP contribution in [0.4, 0.5) is 20.2 Å². The summed E-state index contributed by atoms with van der Waals surface area (Å²) < 4.78 is 37.7. The van der Waals surface area contributed by atoms with E-state index >= 15 is 0 Å². The van der Waals surface area contributed by atoms with Gasteiger partial charge >= 0.3 is 0 Å². The lowest BCUT2D eigenvalue weighted by molar-refractivity contribution is -0.122. The van der Waals surface area contributed by atoms with E-state index in [9.17, 15) is 22.7 Å². The van der Waals surface area contributed by atoms with Gasteiger partial charge in [-0.15, -0.1) is 0 Å². The van der Waals surface area contributed by atoms with Gasteiger partial charge in [-0.1, -0.05) is 43.4 Å². The number of amides is 2. The smallest absolute Gasteiger partial charge is 0.263 e. The second-order valence-electron chi connectivity index (χ2n) is 9.70. The minimum Gasteiger partial charge on any atom is -0.369 e. The van der Waals surface area contributed by atoms with Crippen molar-refractivity contribution in [2.45, 2.75) is 64.8 Å². The van der Waals surface area contributed by atoms with Crippen molar-refractivity contribution in [1.82, 2.24) is 10.3 Å². The number of rotatable bonds is 10. The molecule has 1 aliphatic heterocycles. The Morgan fingerprint density at radius 2 is 2.08 bits per heavy atom. The van der Waals surface area contributed by atoms with Crippen molar-refractivity contribution in [3.05, 3.63) is 35.3 Å². The first kappa shape index (κ1) is 27.5. The minimum atomic E-state index is -2.47. The summed E-state index contributed by atoms with van der Waals surface area (Å²) in [5, 5.41) is 6.30. The molecule has 2 amide bonds. The SMILES string of the molecule is CC(=O)Nc1nc(C)c(N(C(CC2CCCCC2)C(=O)NCCN2CCc3cc(F)ccc32)S(=O)O)s1. The van der Waals surface area contributed by atoms with Crippen LogP contribution in [0, 0.1) is 18.7 Å². The lowest BCUT2D eigenvalue weighted by Crippen LogP contribution is -2.50. The monoisotopic (exact) mass is 551 g/mol. The number of thiazole rings is 1. The molecule has 3 N–H and O–H groups in total. The van der Waals surface area contributed by atoms with Crippen LogP contribution < -0.4 is 19.8 Å². The molecule has 2 aliphatic rings. The molecule has 2 heterocycles. The van der Waals surface area contributed by atoms with Crippen LogP contribution in [0.15, 0.2) is 18.2 Å². The van der Waals surface area contributed by atoms with Gasteiger partial charge in [-0.05, 0) is 49.4 Å². The number of aryl methyl sites for hydroxylation is 1. The van der Waals surface area contributed by atoms with E-state index in [1.54, 1.807) is 19.1 Å². The average molecular weight is 552 g/mol. The molecule has 37 heavy (non-hydrogen) atoms. The topological polar surface area (TPSA) is 115 Å². The molecule has 9 nitrogen and oxygen atoms in total. The number of halogens is 1. The van der Waals surface area contributed by atoms with Gasteiger partial charge in [0.25, 0.3) is 11.3 Å². The standard InChI is InChI=1S/C25H34FN5O4S2/c1-16-24(36-25(28-16)29-17(2)32)31(37(34)35)22(14-18-6-4-3-5-7-18)23(33)27-11-13-30-12-10-19-15-20(26)8-9-21(19)30/h8-9,15,18,22H,3-7,10-14H2,1-2H3,(H,27,33)(H,34,35)(H,28,29,32). The van der Waals surface area contributed by atoms with E-state index in [0.717, 1.165) is 67.7 Å². The van der Waals surface area contributed by atoms with E-state index in [1.165, 1.54) is 17.3 Å². The molecule has 1 aliphatic carbocycles. The molecule has 1 aromatic carbocycles. The van der Waals surface area contributed by atoms with Crippen molar-refractivity contribution in [2.75, 3.05) is 34.2 Å². The van der Waals surface area contributed by atoms with Crippen molar-refractivity contribution in [2.24, 2.45) is 5.92 Å². The fourth-order valence-corrected chi connectivity index (χ4v) is 7.22. The third-order valence-corrected chi connectivity index (χ3v) is 8.97. The zero-order valence-corrected chi connectivity index (χ0v) is 22.8. The summed E-state index contributed by atoms with van der Waals surface area (Å²) in [6.07, 6.45) is 6.51. The highest BCUT2D eigenvalue weighted by Crippen LogP contribution is 2.37. The number of benzene rings is 1. The van der Waals surface area contributed by atoms with Crippen molar-refractivity contribution in [3.8, 4) is 0 Å². The maximum absolute atomic E-state index is 13.6. The Kier molecular flexibility index (Phi) is 9.14. The molecule has 202 valence electrons. The number of carbonyl (C=O) groups excluding carboxylic acids is 2. The molecule has 0 spiro atoms. The second-order valence-corrected chi connectivity index (χ2v) is 11.5. The average Bonchev–Trinajstić information content (AvgIpc) is 3.40. The van der Waals surface area contributed by atoms with Gasteiger partial charge in [0.2, 0.25) is 11.8 Å². The first-order valence-corrected chi connectivity index (χ1v) is 14.6. The number of carbonyl (C=O) groups is 2. The van der Waals surface area contributed by atoms with Gasteiger partial charge in [-0.2, -0.15) is 0 Å². The van der Waals surface area contributed by atoms with Crippen LogP contribution in [-0.2, 0) is 27.3 Å². The predicted octanol–water partition coefficient (Wildman–Crippen LogP) is 4.01. The van der Waals surface area contributed by atoms with E-state index < -0.39 is 17.3 Å². The number of hydrogen-bond donors (Lipinski definition) is 3. The molecule has 0 saturated heterocycles. The highest BCUT2D eigenvalue weighted by molar-refractivity contribution is 7.81. The molecule has 2 aromatic rings. The Hall–Kier alpha value is -2.57. The van der Waals surface area contributed by atoms with E-state index in [-0.39, 0.29) is 23.5 Å². The first-order chi connectivity index (χ1) is 17.7. The van der Waals surface area contributed by atoms with Crippen molar-refractivity contribution in [1.29, 1.82) is 0 Å². The molecule has 4 rings (SSSR count). The summed E-state index contributed by atoms with van der Waals surface area (Å²) in [5.74, 6) is -0.587. The van der Waals surface area contributed by atoms with E-state index in [2.05, 4.69) is 20.5 Å². The number of anilines is 3. The summed E-state index contributed by atoms with van der Waals surface area (Å²) in [7, 11) is 0. The Bertz CT molecular complexity index is 1150. The van der Waals surface area contributed by atoms with Crippen LogP contribution in [0.5, 0.6) is 0 Å². The van der Waals surface area contributed by atoms with Gasteiger partial charge in [-0.25, -0.2) is 17.9 Å². The summed E-state index contributed by atoms with van der Waals surface area (Å²) in [4.78, 5) is 31.5. The van der Waals surface area contributed by atoms with E-state index in [4.69, 9.17) is 0 Å². The summed E-state index contributed by atoms with van der Waals surface area (Å²) >= 11 is -1.39. The number of aromatic nitrogens is 1. The molecule has 0 bridgehead atoms. The van der Waals surface area contributed by atoms with Crippen LogP contribution in [0.1, 0.15) is 56.7 Å². The normalized spacial score (nSPS) is 17.2. The molecule has 12 heteroatoms. The molecular weight excluding hydrogens is 517 g/mol. The van der Waals surface area contributed by atoms with Gasteiger partial charge in [0.15, 0.2) is 5.13 Å². The molecule has 2 unspecified atom stereocenters. The highest BCUT2D eigenvalue weighted by atomic mass is 32.2. The highest BCUT2D eigenvalue weighted by Gasteiger charge is 2.35. The largest absolute Gasteiger partial charge is 0.369 e. The summed E-state index contributed by atoms with van der Waals surface area (Å²) in [6.45, 7) is 4.71. The Balaban J connectivity index is 1.50. The maximum Gasteiger partial charge on any atom is 0.263 e. The van der Waals surface area contributed by atoms with Crippen LogP contribution in [0.2, 0.25) is 0 Å². The lowest BCUT2D eigenvalue weighted by Gasteiger charge is -2.32. The predicted molar refractivity (Wildman–Crippen MR) is 145 cm³/mol. The van der Waals surface area contributed by atoms with Gasteiger partial charge in [-0.3, -0.25) is 14.1 Å². The number of nitrogens with zero attached hydrogens (tertiary/aromatic N) is 3. The lowest BCUT2D eigenvalue weighted by atomic mass is 9.84. The van der Waals surface area contributed by atoms with E-state index in [1.807, 2.05) is 0 Å². The summed E-state index contributed by atoms with van der Waals surface area (Å²) in [6, 6.07) is 3.89. The second kappa shape index (κ2) is 12.3. The zero-order chi connectivity index (χ0) is 26.5. The van der Waals surface area contributed by atoms with E-state index in [0.29, 0.717) is 35.3 Å². The van der Waals surface area contributed by atoms with Crippen LogP contribution >= 0.6 is 11.3 Å². The minimum absolute atomic E-state index is 0.253. The third kappa shape index (κ3) is 6.85. The van der Waals surface area contributed by atoms with Gasteiger partial charge < -0.3 is 15.5 Å². The maximum atomic E-state index is 13.6. The number of fused-ring (bicyclic) bond motifs is 1. The Morgan fingerprint density at radius 3 is 2.78 bits per heavy atom. The van der Waals surface area contributed by atoms with Crippen LogP contribution in [-0.4, -0.2) is 51.2 Å². The number of hydrogen-bond acceptors (Lipinski definition) is 6. The third-order valence-electron chi connectivity index (χ3n) is 7.00. The number of nitrogens with one attached hydrogen (secondary N) is 2. The molecule has 1 fully saturated rings. The van der Waals surface area contributed by atoms with Crippen LogP contribution in [0.25, 0.3) is 0 Å². The first-order valence-electron chi connectivity index (χ1n) is 12.7. The molecule has 0 radical (unpaired) electrons. The van der Waals surface area contributed by atoms with Gasteiger partial charge in [0.05, 0.1) is 5.69 Å². The zero-order valence-electron chi connectivity index (χ0n) is 21.2. The van der Waals surface area contributed by atoms with Crippen LogP contribution in [0.3, 0.4) is 0 Å². The summed E-state index contributed by atoms with van der Waals surface area (Å²) in [5.41, 5.74) is 2.40. The molecule has 1 saturated carbocycles. The van der Waals surface area contributed by atoms with Gasteiger partial charge in [0, 0.05) is 32.2 Å². The van der Waals surface area contributed by atoms with Crippen molar-refractivity contribution >= 4 is 50.2 Å². The van der Waals surface area contributed by atoms with Crippen molar-refractivity contribution in [3.63, 3.8) is 0 Å². The quantitative estimate of drug-likeness (QED) is 0.385. The Labute approximate surface area is 223 Å². The Morgan fingerprint density at radius 1 is 1.32 bits per heavy atom. The van der Waals surface area contributed by atoms with Gasteiger partial charge in [0.1, 0.15) is 16.9 Å².